The molecule has 6 heteroatoms. The maximum atomic E-state index is 13.0. The molecule has 5 nitrogen and oxygen atoms in total. The number of rotatable bonds is 2. The predicted molar refractivity (Wildman–Crippen MR) is 86.6 cm³/mol. The molecule has 23 heavy (non-hydrogen) atoms. The Balaban J connectivity index is 1.53. The van der Waals surface area contributed by atoms with Gasteiger partial charge >= 0.3 is 0 Å². The molecule has 120 valence electrons. The van der Waals surface area contributed by atoms with Crippen molar-refractivity contribution in [2.45, 2.75) is 25.0 Å². The van der Waals surface area contributed by atoms with Crippen molar-refractivity contribution >= 4 is 23.0 Å². The Morgan fingerprint density at radius 3 is 3.09 bits per heavy atom. The fourth-order valence-electron chi connectivity index (χ4n) is 3.40. The van der Waals surface area contributed by atoms with E-state index in [9.17, 15) is 9.59 Å². The molecular formula is C17H18N2O3S. The lowest BCUT2D eigenvalue weighted by molar-refractivity contribution is -0.143. The first-order chi connectivity index (χ1) is 11.2. The molecule has 2 aromatic heterocycles. The third-order valence-corrected chi connectivity index (χ3v) is 5.32. The summed E-state index contributed by atoms with van der Waals surface area (Å²) in [6.07, 6.45) is 2.82. The Morgan fingerprint density at radius 1 is 1.35 bits per heavy atom. The van der Waals surface area contributed by atoms with Crippen LogP contribution in [-0.4, -0.2) is 40.9 Å². The van der Waals surface area contributed by atoms with Gasteiger partial charge in [-0.15, -0.1) is 0 Å². The van der Waals surface area contributed by atoms with Crippen LogP contribution in [0.1, 0.15) is 41.0 Å². The van der Waals surface area contributed by atoms with Crippen LogP contribution in [0.5, 0.6) is 0 Å². The molecule has 2 unspecified atom stereocenters. The molecule has 0 aliphatic carbocycles. The van der Waals surface area contributed by atoms with Crippen molar-refractivity contribution < 1.29 is 14.3 Å². The molecule has 1 saturated heterocycles. The van der Waals surface area contributed by atoms with Gasteiger partial charge in [0.05, 0.1) is 18.8 Å². The maximum Gasteiger partial charge on any atom is 0.245 e. The standard InChI is InChI=1S/C17H18N2O3S/c20-15-4-3-14(19-6-1-2-13(15)19)17(21)18-7-8-22-16(10-18)12-5-9-23-11-12/h1-2,5-6,9,11,14,16H,3-4,7-8,10H2. The molecular weight excluding hydrogens is 312 g/mol. The molecule has 0 N–H and O–H groups in total. The Labute approximate surface area is 138 Å². The summed E-state index contributed by atoms with van der Waals surface area (Å²) < 4.78 is 7.65. The number of aromatic nitrogens is 1. The minimum absolute atomic E-state index is 0.0479. The molecule has 2 atom stereocenters. The monoisotopic (exact) mass is 330 g/mol. The van der Waals surface area contributed by atoms with E-state index in [1.807, 2.05) is 33.2 Å². The summed E-state index contributed by atoms with van der Waals surface area (Å²) in [4.78, 5) is 26.8. The lowest BCUT2D eigenvalue weighted by Crippen LogP contribution is -2.46. The van der Waals surface area contributed by atoms with Crippen LogP contribution in [0.4, 0.5) is 0 Å². The number of nitrogens with zero attached hydrogens (tertiary/aromatic N) is 2. The average Bonchev–Trinajstić information content (AvgIpc) is 3.27. The van der Waals surface area contributed by atoms with Crippen molar-refractivity contribution in [3.8, 4) is 0 Å². The first-order valence-corrected chi connectivity index (χ1v) is 8.81. The van der Waals surface area contributed by atoms with Gasteiger partial charge in [-0.2, -0.15) is 11.3 Å². The van der Waals surface area contributed by atoms with Crippen LogP contribution in [0.2, 0.25) is 0 Å². The van der Waals surface area contributed by atoms with Crippen molar-refractivity contribution in [2.24, 2.45) is 0 Å². The normalized spacial score (nSPS) is 24.5. The summed E-state index contributed by atoms with van der Waals surface area (Å²) >= 11 is 1.64. The van der Waals surface area contributed by atoms with E-state index >= 15 is 0 Å². The zero-order chi connectivity index (χ0) is 15.8. The summed E-state index contributed by atoms with van der Waals surface area (Å²) in [6.45, 7) is 1.74. The molecule has 0 spiro atoms. The number of Topliss-reactive ketones (excluding diaryl/α,β-unsaturated/α-hetero) is 1. The molecule has 0 bridgehead atoms. The number of hydrogen-bond acceptors (Lipinski definition) is 4. The largest absolute Gasteiger partial charge is 0.370 e. The zero-order valence-electron chi connectivity index (χ0n) is 12.7. The van der Waals surface area contributed by atoms with Crippen LogP contribution in [0.15, 0.2) is 35.2 Å². The third kappa shape index (κ3) is 2.62. The summed E-state index contributed by atoms with van der Waals surface area (Å²) in [7, 11) is 0. The van der Waals surface area contributed by atoms with Gasteiger partial charge in [-0.05, 0) is 40.9 Å². The predicted octanol–water partition coefficient (Wildman–Crippen LogP) is 2.67. The van der Waals surface area contributed by atoms with Crippen molar-refractivity contribution in [1.29, 1.82) is 0 Å². The van der Waals surface area contributed by atoms with Gasteiger partial charge in [0, 0.05) is 19.2 Å². The van der Waals surface area contributed by atoms with Crippen LogP contribution in [0, 0.1) is 0 Å². The number of thiophene rings is 1. The molecule has 4 heterocycles. The van der Waals surface area contributed by atoms with Gasteiger partial charge in [-0.25, -0.2) is 0 Å². The van der Waals surface area contributed by atoms with E-state index in [1.165, 1.54) is 0 Å². The van der Waals surface area contributed by atoms with Gasteiger partial charge in [-0.3, -0.25) is 9.59 Å². The molecule has 4 rings (SSSR count). The van der Waals surface area contributed by atoms with Gasteiger partial charge < -0.3 is 14.2 Å². The summed E-state index contributed by atoms with van der Waals surface area (Å²) in [6, 6.07) is 5.42. The van der Waals surface area contributed by atoms with Crippen LogP contribution in [0.25, 0.3) is 0 Å². The van der Waals surface area contributed by atoms with Crippen molar-refractivity contribution in [1.82, 2.24) is 9.47 Å². The Bertz CT molecular complexity index is 722. The minimum Gasteiger partial charge on any atom is -0.370 e. The second kappa shape index (κ2) is 5.94. The lowest BCUT2D eigenvalue weighted by atomic mass is 10.00. The van der Waals surface area contributed by atoms with Crippen LogP contribution in [0.3, 0.4) is 0 Å². The number of ketones is 1. The Morgan fingerprint density at radius 2 is 2.26 bits per heavy atom. The number of carbonyl (C=O) groups excluding carboxylic acids is 2. The fraction of sp³-hybridized carbons (Fsp3) is 0.412. The van der Waals surface area contributed by atoms with Gasteiger partial charge in [0.2, 0.25) is 5.91 Å². The number of fused-ring (bicyclic) bond motifs is 1. The van der Waals surface area contributed by atoms with Gasteiger partial charge in [-0.1, -0.05) is 0 Å². The minimum atomic E-state index is -0.265. The number of morpholine rings is 1. The van der Waals surface area contributed by atoms with Gasteiger partial charge in [0.25, 0.3) is 0 Å². The highest BCUT2D eigenvalue weighted by molar-refractivity contribution is 7.07. The van der Waals surface area contributed by atoms with Crippen molar-refractivity contribution in [3.63, 3.8) is 0 Å². The summed E-state index contributed by atoms with van der Waals surface area (Å²) in [5.74, 6) is 0.218. The van der Waals surface area contributed by atoms with Crippen LogP contribution < -0.4 is 0 Å². The van der Waals surface area contributed by atoms with E-state index in [0.717, 1.165) is 5.56 Å². The molecule has 0 aromatic carbocycles. The smallest absolute Gasteiger partial charge is 0.245 e. The highest BCUT2D eigenvalue weighted by atomic mass is 32.1. The van der Waals surface area contributed by atoms with E-state index in [2.05, 4.69) is 5.38 Å². The molecule has 0 saturated carbocycles. The van der Waals surface area contributed by atoms with E-state index < -0.39 is 0 Å². The topological polar surface area (TPSA) is 51.5 Å². The summed E-state index contributed by atoms with van der Waals surface area (Å²) in [5.41, 5.74) is 1.78. The average molecular weight is 330 g/mol. The second-order valence-corrected chi connectivity index (χ2v) is 6.76. The lowest BCUT2D eigenvalue weighted by Gasteiger charge is -2.36. The molecule has 2 aromatic rings. The third-order valence-electron chi connectivity index (χ3n) is 4.62. The second-order valence-electron chi connectivity index (χ2n) is 5.98. The highest BCUT2D eigenvalue weighted by Crippen LogP contribution is 2.30. The summed E-state index contributed by atoms with van der Waals surface area (Å²) in [5, 5.41) is 4.10. The SMILES string of the molecule is O=C1CCC(C(=O)N2CCOC(c3ccsc3)C2)n2cccc21. The molecule has 1 fully saturated rings. The van der Waals surface area contributed by atoms with E-state index in [1.54, 1.807) is 17.4 Å². The van der Waals surface area contributed by atoms with Crippen LogP contribution >= 0.6 is 11.3 Å². The first kappa shape index (κ1) is 14.7. The van der Waals surface area contributed by atoms with Crippen molar-refractivity contribution in [2.75, 3.05) is 19.7 Å². The zero-order valence-corrected chi connectivity index (χ0v) is 13.5. The number of amides is 1. The van der Waals surface area contributed by atoms with E-state index in [-0.39, 0.29) is 23.8 Å². The van der Waals surface area contributed by atoms with Crippen LogP contribution in [-0.2, 0) is 9.53 Å². The Kier molecular flexibility index (Phi) is 3.79. The maximum absolute atomic E-state index is 13.0. The molecule has 0 radical (unpaired) electrons. The number of carbonyl (C=O) groups is 2. The van der Waals surface area contributed by atoms with E-state index in [0.29, 0.717) is 38.2 Å². The molecule has 1 amide bonds. The van der Waals surface area contributed by atoms with Gasteiger partial charge in [0.15, 0.2) is 5.78 Å². The molecule has 2 aliphatic rings. The van der Waals surface area contributed by atoms with Gasteiger partial charge in [0.1, 0.15) is 12.1 Å². The Hall–Kier alpha value is -1.92. The molecule has 2 aliphatic heterocycles. The van der Waals surface area contributed by atoms with E-state index in [4.69, 9.17) is 4.74 Å². The highest BCUT2D eigenvalue weighted by Gasteiger charge is 2.34. The number of ether oxygens (including phenoxy) is 1. The quantitative estimate of drug-likeness (QED) is 0.851. The van der Waals surface area contributed by atoms with Crippen molar-refractivity contribution in [3.05, 3.63) is 46.4 Å². The first-order valence-electron chi connectivity index (χ1n) is 7.86. The number of hydrogen-bond donors (Lipinski definition) is 0. The fourth-order valence-corrected chi connectivity index (χ4v) is 4.10.